The summed E-state index contributed by atoms with van der Waals surface area (Å²) in [7, 11) is 0. The largest absolute Gasteiger partial charge is 0.368 e. The van der Waals surface area contributed by atoms with Crippen LogP contribution in [0.4, 0.5) is 0 Å². The Morgan fingerprint density at radius 3 is 1.78 bits per heavy atom. The standard InChI is InChI=1S/C14H31N3O/c1-10(2)8-17(9-11(3)4)12(5)7-14(6,16)13(15)18/h10-12H,7-9,16H2,1-6H3,(H2,15,18). The van der Waals surface area contributed by atoms with Gasteiger partial charge in [0.05, 0.1) is 5.54 Å². The molecule has 0 aromatic heterocycles. The van der Waals surface area contributed by atoms with Crippen molar-refractivity contribution in [2.75, 3.05) is 13.1 Å². The van der Waals surface area contributed by atoms with Gasteiger partial charge in [0.25, 0.3) is 0 Å². The molecule has 0 spiro atoms. The van der Waals surface area contributed by atoms with Crippen molar-refractivity contribution >= 4 is 5.91 Å². The number of rotatable bonds is 8. The third-order valence-corrected chi connectivity index (χ3v) is 3.10. The summed E-state index contributed by atoms with van der Waals surface area (Å²) in [5.41, 5.74) is 10.4. The zero-order chi connectivity index (χ0) is 14.5. The molecular weight excluding hydrogens is 226 g/mol. The van der Waals surface area contributed by atoms with E-state index in [2.05, 4.69) is 39.5 Å². The predicted octanol–water partition coefficient (Wildman–Crippen LogP) is 1.58. The average molecular weight is 257 g/mol. The molecule has 0 aromatic rings. The summed E-state index contributed by atoms with van der Waals surface area (Å²) < 4.78 is 0. The van der Waals surface area contributed by atoms with Gasteiger partial charge in [-0.15, -0.1) is 0 Å². The maximum absolute atomic E-state index is 11.3. The van der Waals surface area contributed by atoms with Crippen LogP contribution in [0.2, 0.25) is 0 Å². The molecule has 0 rings (SSSR count). The molecule has 108 valence electrons. The van der Waals surface area contributed by atoms with Crippen LogP contribution < -0.4 is 11.5 Å². The lowest BCUT2D eigenvalue weighted by Gasteiger charge is -2.35. The molecule has 0 heterocycles. The SMILES string of the molecule is CC(C)CN(CC(C)C)C(C)CC(C)(N)C(N)=O. The number of hydrogen-bond acceptors (Lipinski definition) is 3. The van der Waals surface area contributed by atoms with Gasteiger partial charge in [-0.2, -0.15) is 0 Å². The minimum Gasteiger partial charge on any atom is -0.368 e. The first-order chi connectivity index (χ1) is 8.06. The lowest BCUT2D eigenvalue weighted by molar-refractivity contribution is -0.123. The molecule has 0 saturated carbocycles. The summed E-state index contributed by atoms with van der Waals surface area (Å²) >= 11 is 0. The molecule has 0 aliphatic rings. The number of primary amides is 1. The molecule has 0 saturated heterocycles. The van der Waals surface area contributed by atoms with Gasteiger partial charge < -0.3 is 16.4 Å². The molecule has 4 nitrogen and oxygen atoms in total. The lowest BCUT2D eigenvalue weighted by Crippen LogP contribution is -2.54. The van der Waals surface area contributed by atoms with Crippen LogP contribution in [0.3, 0.4) is 0 Å². The Bertz CT molecular complexity index is 252. The third kappa shape index (κ3) is 6.36. The zero-order valence-electron chi connectivity index (χ0n) is 12.9. The van der Waals surface area contributed by atoms with E-state index in [1.807, 2.05) is 0 Å². The highest BCUT2D eigenvalue weighted by Gasteiger charge is 2.30. The summed E-state index contributed by atoms with van der Waals surface area (Å²) in [5, 5.41) is 0. The molecule has 0 fully saturated rings. The molecule has 0 aliphatic carbocycles. The van der Waals surface area contributed by atoms with E-state index in [9.17, 15) is 4.79 Å². The quantitative estimate of drug-likeness (QED) is 0.693. The van der Waals surface area contributed by atoms with Gasteiger partial charge in [0, 0.05) is 19.1 Å². The van der Waals surface area contributed by atoms with Gasteiger partial charge >= 0.3 is 0 Å². The Hall–Kier alpha value is -0.610. The first-order valence-corrected chi connectivity index (χ1v) is 6.89. The Labute approximate surface area is 112 Å². The molecule has 4 N–H and O–H groups in total. The number of carbonyl (C=O) groups is 1. The van der Waals surface area contributed by atoms with Crippen LogP contribution >= 0.6 is 0 Å². The monoisotopic (exact) mass is 257 g/mol. The molecule has 0 aromatic carbocycles. The molecule has 2 unspecified atom stereocenters. The molecule has 0 radical (unpaired) electrons. The average Bonchev–Trinajstić information content (AvgIpc) is 2.13. The molecule has 0 aliphatic heterocycles. The summed E-state index contributed by atoms with van der Waals surface area (Å²) in [6, 6.07) is 0.261. The topological polar surface area (TPSA) is 72.3 Å². The Morgan fingerprint density at radius 2 is 1.50 bits per heavy atom. The van der Waals surface area contributed by atoms with Gasteiger partial charge in [-0.1, -0.05) is 27.7 Å². The molecule has 4 heteroatoms. The highest BCUT2D eigenvalue weighted by Crippen LogP contribution is 2.16. The van der Waals surface area contributed by atoms with Crippen molar-refractivity contribution < 1.29 is 4.79 Å². The summed E-state index contributed by atoms with van der Waals surface area (Å²) in [6.07, 6.45) is 0.599. The fourth-order valence-electron chi connectivity index (χ4n) is 2.22. The molecule has 2 atom stereocenters. The van der Waals surface area contributed by atoms with Crippen molar-refractivity contribution in [1.29, 1.82) is 0 Å². The van der Waals surface area contributed by atoms with E-state index in [0.29, 0.717) is 18.3 Å². The van der Waals surface area contributed by atoms with E-state index in [1.165, 1.54) is 0 Å². The molecule has 1 amide bonds. The maximum atomic E-state index is 11.3. The van der Waals surface area contributed by atoms with Gasteiger partial charge in [0.2, 0.25) is 5.91 Å². The first kappa shape index (κ1) is 17.4. The van der Waals surface area contributed by atoms with E-state index in [0.717, 1.165) is 13.1 Å². The number of carbonyl (C=O) groups excluding carboxylic acids is 1. The smallest absolute Gasteiger partial charge is 0.237 e. The van der Waals surface area contributed by atoms with Crippen molar-refractivity contribution in [2.24, 2.45) is 23.3 Å². The molecular formula is C14H31N3O. The first-order valence-electron chi connectivity index (χ1n) is 6.89. The van der Waals surface area contributed by atoms with E-state index in [-0.39, 0.29) is 6.04 Å². The predicted molar refractivity (Wildman–Crippen MR) is 77.1 cm³/mol. The van der Waals surface area contributed by atoms with E-state index >= 15 is 0 Å². The Morgan fingerprint density at radius 1 is 1.11 bits per heavy atom. The number of nitrogens with zero attached hydrogens (tertiary/aromatic N) is 1. The van der Waals surface area contributed by atoms with Crippen molar-refractivity contribution in [1.82, 2.24) is 4.90 Å². The van der Waals surface area contributed by atoms with E-state index < -0.39 is 11.4 Å². The summed E-state index contributed by atoms with van der Waals surface area (Å²) in [6.45, 7) is 14.7. The van der Waals surface area contributed by atoms with Gasteiger partial charge in [-0.3, -0.25) is 4.79 Å². The minimum atomic E-state index is -0.925. The highest BCUT2D eigenvalue weighted by molar-refractivity contribution is 5.83. The van der Waals surface area contributed by atoms with Crippen LogP contribution in [0.5, 0.6) is 0 Å². The lowest BCUT2D eigenvalue weighted by atomic mass is 9.92. The maximum Gasteiger partial charge on any atom is 0.237 e. The minimum absolute atomic E-state index is 0.261. The van der Waals surface area contributed by atoms with E-state index in [4.69, 9.17) is 11.5 Å². The second-order valence-corrected chi connectivity index (χ2v) is 6.58. The normalized spacial score (nSPS) is 17.2. The summed E-state index contributed by atoms with van der Waals surface area (Å²) in [4.78, 5) is 13.7. The zero-order valence-corrected chi connectivity index (χ0v) is 12.9. The number of nitrogens with two attached hydrogens (primary N) is 2. The summed E-state index contributed by atoms with van der Waals surface area (Å²) in [5.74, 6) is 0.774. The van der Waals surface area contributed by atoms with Crippen LogP contribution in [-0.4, -0.2) is 35.5 Å². The fraction of sp³-hybridized carbons (Fsp3) is 0.929. The fourth-order valence-corrected chi connectivity index (χ4v) is 2.22. The van der Waals surface area contributed by atoms with Crippen LogP contribution in [0.1, 0.15) is 48.0 Å². The number of hydrogen-bond donors (Lipinski definition) is 2. The van der Waals surface area contributed by atoms with E-state index in [1.54, 1.807) is 6.92 Å². The number of amides is 1. The van der Waals surface area contributed by atoms with Crippen molar-refractivity contribution in [3.63, 3.8) is 0 Å². The van der Waals surface area contributed by atoms with Gasteiger partial charge in [0.1, 0.15) is 0 Å². The van der Waals surface area contributed by atoms with Crippen molar-refractivity contribution in [2.45, 2.75) is 59.5 Å². The van der Waals surface area contributed by atoms with Crippen molar-refractivity contribution in [3.8, 4) is 0 Å². The van der Waals surface area contributed by atoms with Crippen LogP contribution in [0.15, 0.2) is 0 Å². The van der Waals surface area contributed by atoms with Crippen LogP contribution in [0.25, 0.3) is 0 Å². The van der Waals surface area contributed by atoms with Gasteiger partial charge in [-0.25, -0.2) is 0 Å². The van der Waals surface area contributed by atoms with Crippen molar-refractivity contribution in [3.05, 3.63) is 0 Å². The Kier molecular flexibility index (Phi) is 6.86. The second kappa shape index (κ2) is 7.10. The van der Waals surface area contributed by atoms with Crippen LogP contribution in [-0.2, 0) is 4.79 Å². The molecule has 18 heavy (non-hydrogen) atoms. The highest BCUT2D eigenvalue weighted by atomic mass is 16.1. The molecule has 0 bridgehead atoms. The second-order valence-electron chi connectivity index (χ2n) is 6.58. The van der Waals surface area contributed by atoms with Gasteiger partial charge in [0.15, 0.2) is 0 Å². The van der Waals surface area contributed by atoms with Gasteiger partial charge in [-0.05, 0) is 32.1 Å². The van der Waals surface area contributed by atoms with Crippen LogP contribution in [0, 0.1) is 11.8 Å². The Balaban J connectivity index is 4.64. The third-order valence-electron chi connectivity index (χ3n) is 3.10.